The molecule has 0 radical (unpaired) electrons. The molecule has 0 bridgehead atoms. The first-order valence-corrected chi connectivity index (χ1v) is 8.17. The molecule has 118 valence electrons. The molecule has 1 aliphatic rings. The molecular weight excluding hydrogens is 263 g/mol. The van der Waals surface area contributed by atoms with Gasteiger partial charge in [-0.3, -0.25) is 4.90 Å². The van der Waals surface area contributed by atoms with Crippen LogP contribution in [0.3, 0.4) is 0 Å². The lowest BCUT2D eigenvalue weighted by Crippen LogP contribution is -2.58. The van der Waals surface area contributed by atoms with E-state index < -0.39 is 0 Å². The second kappa shape index (κ2) is 7.37. The third-order valence-electron chi connectivity index (χ3n) is 4.34. The average Bonchev–Trinajstić information content (AvgIpc) is 2.37. The van der Waals surface area contributed by atoms with Gasteiger partial charge in [-0.15, -0.1) is 0 Å². The van der Waals surface area contributed by atoms with Gasteiger partial charge in [-0.25, -0.2) is 4.39 Å². The van der Waals surface area contributed by atoms with Crippen molar-refractivity contribution in [2.24, 2.45) is 11.8 Å². The van der Waals surface area contributed by atoms with Gasteiger partial charge in [-0.2, -0.15) is 0 Å². The number of nitrogens with one attached hydrogen (secondary N) is 1. The van der Waals surface area contributed by atoms with Crippen molar-refractivity contribution in [3.8, 4) is 0 Å². The first-order chi connectivity index (χ1) is 9.95. The lowest BCUT2D eigenvalue weighted by atomic mass is 9.94. The number of halogens is 1. The zero-order valence-corrected chi connectivity index (χ0v) is 13.8. The zero-order valence-electron chi connectivity index (χ0n) is 13.8. The Kier molecular flexibility index (Phi) is 5.77. The topological polar surface area (TPSA) is 15.3 Å². The third kappa shape index (κ3) is 4.79. The summed E-state index contributed by atoms with van der Waals surface area (Å²) in [7, 11) is 0. The maximum absolute atomic E-state index is 13.4. The molecule has 0 saturated carbocycles. The van der Waals surface area contributed by atoms with Crippen LogP contribution in [0.5, 0.6) is 0 Å². The van der Waals surface area contributed by atoms with E-state index in [0.29, 0.717) is 23.9 Å². The highest BCUT2D eigenvalue weighted by Crippen LogP contribution is 2.21. The maximum atomic E-state index is 13.4. The Morgan fingerprint density at radius 3 is 2.67 bits per heavy atom. The molecule has 0 amide bonds. The maximum Gasteiger partial charge on any atom is 0.123 e. The molecule has 1 fully saturated rings. The Bertz CT molecular complexity index is 445. The fourth-order valence-corrected chi connectivity index (χ4v) is 3.34. The highest BCUT2D eigenvalue weighted by Gasteiger charge is 2.29. The van der Waals surface area contributed by atoms with Gasteiger partial charge in [0.25, 0.3) is 0 Å². The molecule has 3 heteroatoms. The summed E-state index contributed by atoms with van der Waals surface area (Å²) >= 11 is 0. The molecule has 2 nitrogen and oxygen atoms in total. The third-order valence-corrected chi connectivity index (χ3v) is 4.34. The molecular formula is C18H29FN2. The van der Waals surface area contributed by atoms with E-state index in [0.717, 1.165) is 25.2 Å². The predicted molar refractivity (Wildman–Crippen MR) is 86.7 cm³/mol. The SMILES string of the molecule is CC(C)CC1CN(Cc2cccc(F)c2)C(C(C)C)CN1. The van der Waals surface area contributed by atoms with Crippen LogP contribution in [0.1, 0.15) is 39.7 Å². The lowest BCUT2D eigenvalue weighted by molar-refractivity contribution is 0.0851. The molecule has 2 unspecified atom stereocenters. The van der Waals surface area contributed by atoms with Crippen molar-refractivity contribution in [2.75, 3.05) is 13.1 Å². The molecule has 1 saturated heterocycles. The number of rotatable bonds is 5. The van der Waals surface area contributed by atoms with E-state index in [1.165, 1.54) is 12.5 Å². The summed E-state index contributed by atoms with van der Waals surface area (Å²) in [5.41, 5.74) is 1.07. The van der Waals surface area contributed by atoms with E-state index in [1.54, 1.807) is 6.07 Å². The quantitative estimate of drug-likeness (QED) is 0.891. The van der Waals surface area contributed by atoms with Crippen LogP contribution in [-0.2, 0) is 6.54 Å². The molecule has 2 atom stereocenters. The predicted octanol–water partition coefficient (Wildman–Crippen LogP) is 3.67. The normalized spacial score (nSPS) is 24.0. The summed E-state index contributed by atoms with van der Waals surface area (Å²) in [6.45, 7) is 12.0. The largest absolute Gasteiger partial charge is 0.311 e. The Morgan fingerprint density at radius 1 is 1.29 bits per heavy atom. The van der Waals surface area contributed by atoms with Gasteiger partial charge in [0.2, 0.25) is 0 Å². The lowest BCUT2D eigenvalue weighted by Gasteiger charge is -2.43. The Labute approximate surface area is 128 Å². The Morgan fingerprint density at radius 2 is 2.05 bits per heavy atom. The summed E-state index contributed by atoms with van der Waals surface area (Å²) in [5.74, 6) is 1.17. The number of hydrogen-bond donors (Lipinski definition) is 1. The molecule has 1 N–H and O–H groups in total. The monoisotopic (exact) mass is 292 g/mol. The van der Waals surface area contributed by atoms with Crippen LogP contribution >= 0.6 is 0 Å². The summed E-state index contributed by atoms with van der Waals surface area (Å²) in [4.78, 5) is 2.53. The van der Waals surface area contributed by atoms with Gasteiger partial charge in [-0.1, -0.05) is 39.8 Å². The fourth-order valence-electron chi connectivity index (χ4n) is 3.34. The zero-order chi connectivity index (χ0) is 15.4. The molecule has 1 aliphatic heterocycles. The highest BCUT2D eigenvalue weighted by atomic mass is 19.1. The summed E-state index contributed by atoms with van der Waals surface area (Å²) < 4.78 is 13.4. The van der Waals surface area contributed by atoms with Crippen molar-refractivity contribution in [1.29, 1.82) is 0 Å². The van der Waals surface area contributed by atoms with Crippen molar-refractivity contribution in [2.45, 2.75) is 52.7 Å². The van der Waals surface area contributed by atoms with Crippen molar-refractivity contribution in [3.05, 3.63) is 35.6 Å². The molecule has 1 aromatic carbocycles. The smallest absolute Gasteiger partial charge is 0.123 e. The first-order valence-electron chi connectivity index (χ1n) is 8.17. The van der Waals surface area contributed by atoms with Gasteiger partial charge >= 0.3 is 0 Å². The fraction of sp³-hybridized carbons (Fsp3) is 0.667. The van der Waals surface area contributed by atoms with E-state index in [2.05, 4.69) is 37.9 Å². The van der Waals surface area contributed by atoms with Crippen LogP contribution in [0.4, 0.5) is 4.39 Å². The highest BCUT2D eigenvalue weighted by molar-refractivity contribution is 5.16. The summed E-state index contributed by atoms with van der Waals surface area (Å²) in [6, 6.07) is 8.09. The Balaban J connectivity index is 2.06. The van der Waals surface area contributed by atoms with E-state index in [1.807, 2.05) is 12.1 Å². The van der Waals surface area contributed by atoms with Crippen LogP contribution in [0.25, 0.3) is 0 Å². The van der Waals surface area contributed by atoms with Gasteiger partial charge in [0.05, 0.1) is 0 Å². The van der Waals surface area contributed by atoms with Crippen molar-refractivity contribution in [1.82, 2.24) is 10.2 Å². The molecule has 21 heavy (non-hydrogen) atoms. The van der Waals surface area contributed by atoms with Crippen molar-refractivity contribution >= 4 is 0 Å². The van der Waals surface area contributed by atoms with E-state index >= 15 is 0 Å². The van der Waals surface area contributed by atoms with Gasteiger partial charge in [0.15, 0.2) is 0 Å². The van der Waals surface area contributed by atoms with Gasteiger partial charge in [0, 0.05) is 31.7 Å². The standard InChI is InChI=1S/C18H29FN2/c1-13(2)8-17-12-21(18(10-20-17)14(3)4)11-15-6-5-7-16(19)9-15/h5-7,9,13-14,17-18,20H,8,10-12H2,1-4H3. The molecule has 1 heterocycles. The number of benzene rings is 1. The van der Waals surface area contributed by atoms with Crippen LogP contribution < -0.4 is 5.32 Å². The van der Waals surface area contributed by atoms with E-state index in [9.17, 15) is 4.39 Å². The molecule has 0 spiro atoms. The Hall–Kier alpha value is -0.930. The van der Waals surface area contributed by atoms with Gasteiger partial charge in [-0.05, 0) is 36.0 Å². The second-order valence-electron chi connectivity index (χ2n) is 7.11. The van der Waals surface area contributed by atoms with Crippen LogP contribution in [0, 0.1) is 17.7 Å². The number of piperazine rings is 1. The van der Waals surface area contributed by atoms with E-state index in [4.69, 9.17) is 0 Å². The van der Waals surface area contributed by atoms with Gasteiger partial charge < -0.3 is 5.32 Å². The molecule has 0 aliphatic carbocycles. The number of nitrogens with zero attached hydrogens (tertiary/aromatic N) is 1. The van der Waals surface area contributed by atoms with Crippen LogP contribution in [0.15, 0.2) is 24.3 Å². The number of hydrogen-bond acceptors (Lipinski definition) is 2. The molecule has 2 rings (SSSR count). The minimum atomic E-state index is -0.137. The van der Waals surface area contributed by atoms with Gasteiger partial charge in [0.1, 0.15) is 5.82 Å². The van der Waals surface area contributed by atoms with E-state index in [-0.39, 0.29) is 5.82 Å². The second-order valence-corrected chi connectivity index (χ2v) is 7.11. The summed E-state index contributed by atoms with van der Waals surface area (Å²) in [6.07, 6.45) is 1.20. The molecule has 1 aromatic rings. The average molecular weight is 292 g/mol. The van der Waals surface area contributed by atoms with Crippen LogP contribution in [-0.4, -0.2) is 30.1 Å². The summed E-state index contributed by atoms with van der Waals surface area (Å²) in [5, 5.41) is 3.69. The van der Waals surface area contributed by atoms with Crippen LogP contribution in [0.2, 0.25) is 0 Å². The van der Waals surface area contributed by atoms with Crippen molar-refractivity contribution in [3.63, 3.8) is 0 Å². The minimum Gasteiger partial charge on any atom is -0.311 e. The molecule has 0 aromatic heterocycles. The minimum absolute atomic E-state index is 0.137. The first kappa shape index (κ1) is 16.4. The van der Waals surface area contributed by atoms with Crippen molar-refractivity contribution < 1.29 is 4.39 Å².